The number of likely N-dealkylation sites (N-methyl/N-ethyl adjacent to an activating group) is 1. The van der Waals surface area contributed by atoms with E-state index in [1.54, 1.807) is 18.3 Å². The lowest BCUT2D eigenvalue weighted by Gasteiger charge is -2.26. The average Bonchev–Trinajstić information content (AvgIpc) is 2.70. The molecule has 0 atom stereocenters. The Morgan fingerprint density at radius 2 is 1.85 bits per heavy atom. The fourth-order valence-corrected chi connectivity index (χ4v) is 3.16. The predicted molar refractivity (Wildman–Crippen MR) is 105 cm³/mol. The monoisotopic (exact) mass is 369 g/mol. The van der Waals surface area contributed by atoms with Crippen LogP contribution in [-0.4, -0.2) is 60.0 Å². The van der Waals surface area contributed by atoms with Gasteiger partial charge in [-0.05, 0) is 44.2 Å². The largest absolute Gasteiger partial charge is 0.488 e. The summed E-state index contributed by atoms with van der Waals surface area (Å²) in [4.78, 5) is 21.6. The van der Waals surface area contributed by atoms with E-state index < -0.39 is 0 Å². The molecule has 0 saturated carbocycles. The van der Waals surface area contributed by atoms with Crippen LogP contribution in [0, 0.1) is 0 Å². The van der Waals surface area contributed by atoms with E-state index in [0.717, 1.165) is 26.1 Å². The van der Waals surface area contributed by atoms with Crippen LogP contribution in [0.25, 0.3) is 0 Å². The first-order chi connectivity index (χ1) is 13.2. The van der Waals surface area contributed by atoms with Crippen molar-refractivity contribution in [3.63, 3.8) is 0 Å². The quantitative estimate of drug-likeness (QED) is 0.830. The third-order valence-electron chi connectivity index (χ3n) is 4.62. The van der Waals surface area contributed by atoms with Gasteiger partial charge in [0.25, 0.3) is 5.91 Å². The maximum absolute atomic E-state index is 13.1. The standard InChI is InChI=1S/C21H27N3O3/c1-3-12-23-13-14-24(4-2)21(25)17-8-7-11-22-20(17)27-19-10-6-5-9-18(19)26-16-15-23/h5-11H,3-4,12-16H2,1-2H3. The number of rotatable bonds is 3. The normalized spacial score (nSPS) is 16.1. The second-order valence-electron chi connectivity index (χ2n) is 6.48. The van der Waals surface area contributed by atoms with Crippen molar-refractivity contribution in [3.8, 4) is 17.4 Å². The second-order valence-corrected chi connectivity index (χ2v) is 6.48. The summed E-state index contributed by atoms with van der Waals surface area (Å²) in [5, 5.41) is 0. The van der Waals surface area contributed by atoms with Crippen molar-refractivity contribution < 1.29 is 14.3 Å². The maximum atomic E-state index is 13.1. The molecule has 3 rings (SSSR count). The molecule has 1 amide bonds. The zero-order chi connectivity index (χ0) is 19.1. The number of aromatic nitrogens is 1. The Kier molecular flexibility index (Phi) is 6.65. The minimum absolute atomic E-state index is 0.0605. The summed E-state index contributed by atoms with van der Waals surface area (Å²) in [6.07, 6.45) is 2.69. The van der Waals surface area contributed by atoms with Crippen LogP contribution in [-0.2, 0) is 0 Å². The lowest BCUT2D eigenvalue weighted by molar-refractivity contribution is 0.0738. The number of hydrogen-bond acceptors (Lipinski definition) is 5. The van der Waals surface area contributed by atoms with Crippen molar-refractivity contribution in [2.24, 2.45) is 0 Å². The molecule has 1 aromatic heterocycles. The summed E-state index contributed by atoms with van der Waals surface area (Å²) in [6, 6.07) is 11.0. The Balaban J connectivity index is 1.97. The molecule has 1 aliphatic heterocycles. The highest BCUT2D eigenvalue weighted by Gasteiger charge is 2.22. The molecule has 0 aliphatic carbocycles. The molecule has 0 bridgehead atoms. The summed E-state index contributed by atoms with van der Waals surface area (Å²) in [7, 11) is 0. The zero-order valence-electron chi connectivity index (χ0n) is 16.1. The van der Waals surface area contributed by atoms with Crippen LogP contribution in [0.3, 0.4) is 0 Å². The Hall–Kier alpha value is -2.60. The number of benzene rings is 1. The van der Waals surface area contributed by atoms with E-state index in [-0.39, 0.29) is 5.91 Å². The summed E-state index contributed by atoms with van der Waals surface area (Å²) in [6.45, 7) is 8.62. The van der Waals surface area contributed by atoms with Crippen LogP contribution in [0.5, 0.6) is 17.4 Å². The molecule has 0 fully saturated rings. The lowest BCUT2D eigenvalue weighted by Crippen LogP contribution is -2.40. The molecule has 2 aromatic rings. The van der Waals surface area contributed by atoms with Crippen LogP contribution in [0.4, 0.5) is 0 Å². The SMILES string of the molecule is CCCN1CCOc2ccccc2Oc2ncccc2C(=O)N(CC)CC1. The van der Waals surface area contributed by atoms with E-state index in [1.165, 1.54) is 0 Å². The minimum atomic E-state index is -0.0605. The lowest BCUT2D eigenvalue weighted by atomic mass is 10.2. The Morgan fingerprint density at radius 3 is 2.63 bits per heavy atom. The number of nitrogens with zero attached hydrogens (tertiary/aromatic N) is 3. The first-order valence-corrected chi connectivity index (χ1v) is 9.59. The van der Waals surface area contributed by atoms with Crippen LogP contribution in [0.1, 0.15) is 30.6 Å². The van der Waals surface area contributed by atoms with Gasteiger partial charge in [0, 0.05) is 32.4 Å². The van der Waals surface area contributed by atoms with Gasteiger partial charge >= 0.3 is 0 Å². The van der Waals surface area contributed by atoms with E-state index in [4.69, 9.17) is 9.47 Å². The molecule has 0 unspecified atom stereocenters. The predicted octanol–water partition coefficient (Wildman–Crippen LogP) is 3.44. The number of ether oxygens (including phenoxy) is 2. The Labute approximate surface area is 160 Å². The number of para-hydroxylation sites is 2. The van der Waals surface area contributed by atoms with Crippen molar-refractivity contribution in [3.05, 3.63) is 48.2 Å². The zero-order valence-corrected chi connectivity index (χ0v) is 16.1. The first-order valence-electron chi connectivity index (χ1n) is 9.59. The second kappa shape index (κ2) is 9.37. The molecule has 144 valence electrons. The number of pyridine rings is 1. The molecular formula is C21H27N3O3. The van der Waals surface area contributed by atoms with Crippen molar-refractivity contribution in [1.29, 1.82) is 0 Å². The summed E-state index contributed by atoms with van der Waals surface area (Å²) < 4.78 is 12.0. The highest BCUT2D eigenvalue weighted by Crippen LogP contribution is 2.32. The molecule has 0 radical (unpaired) electrons. The van der Waals surface area contributed by atoms with Gasteiger partial charge in [-0.3, -0.25) is 9.69 Å². The smallest absolute Gasteiger partial charge is 0.259 e. The van der Waals surface area contributed by atoms with E-state index in [9.17, 15) is 4.79 Å². The third kappa shape index (κ3) is 4.77. The fourth-order valence-electron chi connectivity index (χ4n) is 3.16. The minimum Gasteiger partial charge on any atom is -0.488 e. The van der Waals surface area contributed by atoms with Gasteiger partial charge < -0.3 is 14.4 Å². The van der Waals surface area contributed by atoms with Crippen molar-refractivity contribution in [2.45, 2.75) is 20.3 Å². The number of amides is 1. The van der Waals surface area contributed by atoms with Gasteiger partial charge in [-0.15, -0.1) is 0 Å². The van der Waals surface area contributed by atoms with Gasteiger partial charge in [-0.1, -0.05) is 19.1 Å². The molecule has 1 aliphatic rings. The van der Waals surface area contributed by atoms with Crippen LogP contribution in [0.15, 0.2) is 42.6 Å². The van der Waals surface area contributed by atoms with Gasteiger partial charge in [-0.2, -0.15) is 0 Å². The van der Waals surface area contributed by atoms with E-state index in [1.807, 2.05) is 36.1 Å². The molecule has 1 aromatic carbocycles. The number of hydrogen-bond donors (Lipinski definition) is 0. The van der Waals surface area contributed by atoms with E-state index in [0.29, 0.717) is 42.6 Å². The van der Waals surface area contributed by atoms with Crippen LogP contribution >= 0.6 is 0 Å². The van der Waals surface area contributed by atoms with Gasteiger partial charge in [-0.25, -0.2) is 4.98 Å². The summed E-state index contributed by atoms with van der Waals surface area (Å²) in [5.74, 6) is 1.47. The number of carbonyl (C=O) groups is 1. The maximum Gasteiger partial charge on any atom is 0.259 e. The fraction of sp³-hybridized carbons (Fsp3) is 0.429. The first kappa shape index (κ1) is 19.2. The summed E-state index contributed by atoms with van der Waals surface area (Å²) >= 11 is 0. The molecule has 0 spiro atoms. The molecule has 27 heavy (non-hydrogen) atoms. The van der Waals surface area contributed by atoms with Gasteiger partial charge in [0.15, 0.2) is 11.5 Å². The van der Waals surface area contributed by atoms with Crippen molar-refractivity contribution in [1.82, 2.24) is 14.8 Å². The molecule has 6 nitrogen and oxygen atoms in total. The van der Waals surface area contributed by atoms with Crippen LogP contribution in [0.2, 0.25) is 0 Å². The van der Waals surface area contributed by atoms with Crippen LogP contribution < -0.4 is 9.47 Å². The van der Waals surface area contributed by atoms with E-state index >= 15 is 0 Å². The van der Waals surface area contributed by atoms with Gasteiger partial charge in [0.1, 0.15) is 12.2 Å². The highest BCUT2D eigenvalue weighted by atomic mass is 16.5. The third-order valence-corrected chi connectivity index (χ3v) is 4.62. The number of carbonyl (C=O) groups excluding carboxylic acids is 1. The topological polar surface area (TPSA) is 54.9 Å². The summed E-state index contributed by atoms with van der Waals surface area (Å²) in [5.41, 5.74) is 0.468. The molecule has 0 saturated heterocycles. The highest BCUT2D eigenvalue weighted by molar-refractivity contribution is 5.96. The Morgan fingerprint density at radius 1 is 1.04 bits per heavy atom. The number of fused-ring (bicyclic) bond motifs is 2. The molecule has 2 heterocycles. The molecule has 6 heteroatoms. The van der Waals surface area contributed by atoms with Crippen molar-refractivity contribution in [2.75, 3.05) is 39.3 Å². The van der Waals surface area contributed by atoms with Crippen molar-refractivity contribution >= 4 is 5.91 Å². The van der Waals surface area contributed by atoms with E-state index in [2.05, 4.69) is 16.8 Å². The molecule has 0 N–H and O–H groups in total. The van der Waals surface area contributed by atoms with Gasteiger partial charge in [0.05, 0.1) is 0 Å². The average molecular weight is 369 g/mol. The Bertz CT molecular complexity index is 766. The molecular weight excluding hydrogens is 342 g/mol. The van der Waals surface area contributed by atoms with Gasteiger partial charge in [0.2, 0.25) is 5.88 Å².